The average Bonchev–Trinajstić information content (AvgIpc) is 2.64. The van der Waals surface area contributed by atoms with E-state index in [-0.39, 0.29) is 24.2 Å². The van der Waals surface area contributed by atoms with Crippen LogP contribution in [0.2, 0.25) is 0 Å². The van der Waals surface area contributed by atoms with Gasteiger partial charge in [-0.25, -0.2) is 8.78 Å². The van der Waals surface area contributed by atoms with Crippen molar-refractivity contribution < 1.29 is 13.5 Å². The van der Waals surface area contributed by atoms with E-state index in [1.807, 2.05) is 6.92 Å². The number of nitrogens with one attached hydrogen (secondary N) is 1. The average molecular weight is 297 g/mol. The molecule has 0 saturated carbocycles. The first-order valence-electron chi connectivity index (χ1n) is 7.78. The predicted molar refractivity (Wildman–Crippen MR) is 80.1 cm³/mol. The van der Waals surface area contributed by atoms with Crippen LogP contribution in [0, 0.1) is 23.5 Å². The van der Waals surface area contributed by atoms with Crippen LogP contribution >= 0.6 is 0 Å². The Morgan fingerprint density at radius 1 is 1.10 bits per heavy atom. The summed E-state index contributed by atoms with van der Waals surface area (Å²) in [6.07, 6.45) is 1.20. The topological polar surface area (TPSA) is 21.3 Å². The molecule has 5 atom stereocenters. The Hall–Kier alpha value is -1.00. The van der Waals surface area contributed by atoms with Crippen LogP contribution in [0.4, 0.5) is 8.78 Å². The van der Waals surface area contributed by atoms with Gasteiger partial charge in [0.25, 0.3) is 0 Å². The first kappa shape index (κ1) is 16.4. The molecule has 2 rings (SSSR count). The summed E-state index contributed by atoms with van der Waals surface area (Å²) < 4.78 is 33.0. The fraction of sp³-hybridized carbons (Fsp3) is 0.647. The van der Waals surface area contributed by atoms with Crippen molar-refractivity contribution in [3.63, 3.8) is 0 Å². The van der Waals surface area contributed by atoms with E-state index in [4.69, 9.17) is 4.74 Å². The van der Waals surface area contributed by atoms with Crippen LogP contribution in [-0.4, -0.2) is 18.8 Å². The smallest absolute Gasteiger partial charge is 0.126 e. The quantitative estimate of drug-likeness (QED) is 0.884. The highest BCUT2D eigenvalue weighted by Crippen LogP contribution is 2.40. The predicted octanol–water partition coefficient (Wildman–Crippen LogP) is 4.07. The van der Waals surface area contributed by atoms with E-state index >= 15 is 0 Å². The maximum Gasteiger partial charge on any atom is 0.126 e. The Bertz CT molecular complexity index is 460. The Morgan fingerprint density at radius 3 is 2.19 bits per heavy atom. The molecule has 0 aromatic heterocycles. The number of halogens is 2. The van der Waals surface area contributed by atoms with Crippen LogP contribution in [0.5, 0.6) is 0 Å². The van der Waals surface area contributed by atoms with Crippen molar-refractivity contribution in [1.82, 2.24) is 5.32 Å². The summed E-state index contributed by atoms with van der Waals surface area (Å²) in [4.78, 5) is 0. The lowest BCUT2D eigenvalue weighted by atomic mass is 9.80. The van der Waals surface area contributed by atoms with Gasteiger partial charge >= 0.3 is 0 Å². The number of hydrogen-bond acceptors (Lipinski definition) is 2. The van der Waals surface area contributed by atoms with Crippen molar-refractivity contribution in [2.45, 2.75) is 52.4 Å². The van der Waals surface area contributed by atoms with Crippen LogP contribution < -0.4 is 5.32 Å². The van der Waals surface area contributed by atoms with Crippen LogP contribution in [-0.2, 0) is 4.74 Å². The maximum atomic E-state index is 13.6. The molecule has 1 saturated heterocycles. The fourth-order valence-corrected chi connectivity index (χ4v) is 3.40. The van der Waals surface area contributed by atoms with Crippen molar-refractivity contribution in [1.29, 1.82) is 0 Å². The third kappa shape index (κ3) is 3.61. The second kappa shape index (κ2) is 6.84. The maximum absolute atomic E-state index is 13.6. The Balaban J connectivity index is 2.33. The zero-order valence-electron chi connectivity index (χ0n) is 13.2. The van der Waals surface area contributed by atoms with Gasteiger partial charge in [0.15, 0.2) is 0 Å². The highest BCUT2D eigenvalue weighted by atomic mass is 19.1. The lowest BCUT2D eigenvalue weighted by Gasteiger charge is -2.30. The van der Waals surface area contributed by atoms with Gasteiger partial charge < -0.3 is 10.1 Å². The van der Waals surface area contributed by atoms with E-state index in [9.17, 15) is 8.78 Å². The standard InChI is InChI=1S/C17H25F2NO/c1-5-6-20-17(13-7-14(18)9-15(19)8-13)16-10(2)11(3)21-12(16)4/h7-12,16-17,20H,5-6H2,1-4H3. The van der Waals surface area contributed by atoms with Crippen molar-refractivity contribution in [2.24, 2.45) is 11.8 Å². The molecule has 1 heterocycles. The summed E-state index contributed by atoms with van der Waals surface area (Å²) >= 11 is 0. The Labute approximate surface area is 125 Å². The molecular formula is C17H25F2NO. The van der Waals surface area contributed by atoms with Crippen molar-refractivity contribution in [3.8, 4) is 0 Å². The van der Waals surface area contributed by atoms with Crippen molar-refractivity contribution in [3.05, 3.63) is 35.4 Å². The van der Waals surface area contributed by atoms with Gasteiger partial charge in [0.2, 0.25) is 0 Å². The number of rotatable bonds is 5. The zero-order chi connectivity index (χ0) is 15.6. The first-order chi connectivity index (χ1) is 9.93. The van der Waals surface area contributed by atoms with Crippen LogP contribution in [0.25, 0.3) is 0 Å². The Morgan fingerprint density at radius 2 is 1.71 bits per heavy atom. The van der Waals surface area contributed by atoms with E-state index in [1.54, 1.807) is 0 Å². The highest BCUT2D eigenvalue weighted by Gasteiger charge is 2.42. The van der Waals surface area contributed by atoms with Crippen LogP contribution in [0.15, 0.2) is 18.2 Å². The summed E-state index contributed by atoms with van der Waals surface area (Å²) in [5.74, 6) is -0.519. The lowest BCUT2D eigenvalue weighted by molar-refractivity contribution is 0.0475. The molecule has 4 heteroatoms. The molecule has 1 aromatic carbocycles. The molecule has 0 amide bonds. The molecule has 0 spiro atoms. The fourth-order valence-electron chi connectivity index (χ4n) is 3.40. The van der Waals surface area contributed by atoms with Crippen molar-refractivity contribution in [2.75, 3.05) is 6.54 Å². The summed E-state index contributed by atoms with van der Waals surface area (Å²) in [5, 5.41) is 3.45. The minimum absolute atomic E-state index is 0.0654. The summed E-state index contributed by atoms with van der Waals surface area (Å²) in [7, 11) is 0. The molecule has 1 fully saturated rings. The number of hydrogen-bond donors (Lipinski definition) is 1. The molecule has 118 valence electrons. The molecule has 21 heavy (non-hydrogen) atoms. The van der Waals surface area contributed by atoms with E-state index in [0.717, 1.165) is 19.0 Å². The van der Waals surface area contributed by atoms with E-state index in [1.165, 1.54) is 12.1 Å². The largest absolute Gasteiger partial charge is 0.375 e. The highest BCUT2D eigenvalue weighted by molar-refractivity contribution is 5.23. The van der Waals surface area contributed by atoms with Gasteiger partial charge in [0.05, 0.1) is 12.2 Å². The number of ether oxygens (including phenoxy) is 1. The molecule has 5 unspecified atom stereocenters. The third-order valence-corrected chi connectivity index (χ3v) is 4.56. The molecule has 0 aliphatic carbocycles. The van der Waals surface area contributed by atoms with Gasteiger partial charge in [-0.15, -0.1) is 0 Å². The van der Waals surface area contributed by atoms with Crippen LogP contribution in [0.3, 0.4) is 0 Å². The van der Waals surface area contributed by atoms with Gasteiger partial charge in [-0.3, -0.25) is 0 Å². The first-order valence-corrected chi connectivity index (χ1v) is 7.78. The summed E-state index contributed by atoms with van der Waals surface area (Å²) in [6, 6.07) is 3.68. The minimum Gasteiger partial charge on any atom is -0.375 e. The lowest BCUT2D eigenvalue weighted by Crippen LogP contribution is -2.35. The molecule has 0 bridgehead atoms. The van der Waals surface area contributed by atoms with Gasteiger partial charge in [0.1, 0.15) is 11.6 Å². The van der Waals surface area contributed by atoms with Crippen LogP contribution in [0.1, 0.15) is 45.7 Å². The third-order valence-electron chi connectivity index (χ3n) is 4.56. The van der Waals surface area contributed by atoms with Crippen molar-refractivity contribution >= 4 is 0 Å². The van der Waals surface area contributed by atoms with E-state index in [2.05, 4.69) is 26.1 Å². The molecule has 0 radical (unpaired) electrons. The minimum atomic E-state index is -0.527. The van der Waals surface area contributed by atoms with E-state index < -0.39 is 11.6 Å². The molecule has 1 aliphatic rings. The summed E-state index contributed by atoms with van der Waals surface area (Å²) in [5.41, 5.74) is 0.669. The SMILES string of the molecule is CCCNC(c1cc(F)cc(F)c1)C1C(C)OC(C)C1C. The monoisotopic (exact) mass is 297 g/mol. The second-order valence-electron chi connectivity index (χ2n) is 6.12. The zero-order valence-corrected chi connectivity index (χ0v) is 13.2. The normalized spacial score (nSPS) is 30.6. The number of benzene rings is 1. The molecule has 2 nitrogen and oxygen atoms in total. The molecule has 1 N–H and O–H groups in total. The molecule has 1 aliphatic heterocycles. The van der Waals surface area contributed by atoms with E-state index in [0.29, 0.717) is 11.5 Å². The van der Waals surface area contributed by atoms with Gasteiger partial charge in [-0.05, 0) is 50.4 Å². The van der Waals surface area contributed by atoms with Gasteiger partial charge in [-0.2, -0.15) is 0 Å². The summed E-state index contributed by atoms with van der Waals surface area (Å²) in [6.45, 7) is 9.14. The van der Waals surface area contributed by atoms with Gasteiger partial charge in [0, 0.05) is 18.0 Å². The Kier molecular flexibility index (Phi) is 5.33. The molecule has 1 aromatic rings. The second-order valence-corrected chi connectivity index (χ2v) is 6.12. The molecular weight excluding hydrogens is 272 g/mol. The van der Waals surface area contributed by atoms with Gasteiger partial charge in [-0.1, -0.05) is 13.8 Å².